The van der Waals surface area contributed by atoms with Crippen LogP contribution in [0.4, 0.5) is 17.1 Å². The van der Waals surface area contributed by atoms with Gasteiger partial charge in [-0.1, -0.05) is 188 Å². The van der Waals surface area contributed by atoms with Gasteiger partial charge in [-0.05, 0) is 162 Å². The van der Waals surface area contributed by atoms with Crippen molar-refractivity contribution in [3.8, 4) is 50.2 Å². The Balaban J connectivity index is 0.803. The highest BCUT2D eigenvalue weighted by atomic mass is 16.3. The molecule has 0 amide bonds. The number of para-hydroxylation sites is 2. The summed E-state index contributed by atoms with van der Waals surface area (Å²) in [5.74, 6) is 0. The Kier molecular flexibility index (Phi) is 9.89. The second-order valence-corrected chi connectivity index (χ2v) is 19.7. The number of rotatable bonds is 8. The van der Waals surface area contributed by atoms with Gasteiger partial charge in [-0.3, -0.25) is 0 Å². The summed E-state index contributed by atoms with van der Waals surface area (Å²) < 4.78 is 8.91. The van der Waals surface area contributed by atoms with Gasteiger partial charge in [0.2, 0.25) is 0 Å². The maximum atomic E-state index is 6.52. The van der Waals surface area contributed by atoms with Gasteiger partial charge >= 0.3 is 0 Å². The third kappa shape index (κ3) is 7.28. The molecule has 0 radical (unpaired) electrons. The van der Waals surface area contributed by atoms with E-state index in [9.17, 15) is 0 Å². The zero-order chi connectivity index (χ0) is 49.4. The van der Waals surface area contributed by atoms with E-state index in [4.69, 9.17) is 4.42 Å². The minimum absolute atomic E-state index is 0.889. The molecule has 2 aromatic heterocycles. The average molecular weight is 955 g/mol. The lowest BCUT2D eigenvalue weighted by Crippen LogP contribution is -2.10. The molecule has 15 aromatic rings. The summed E-state index contributed by atoms with van der Waals surface area (Å²) in [5, 5.41) is 12.1. The van der Waals surface area contributed by atoms with Crippen LogP contribution in [-0.4, -0.2) is 4.57 Å². The predicted octanol–water partition coefficient (Wildman–Crippen LogP) is 20.3. The highest BCUT2D eigenvalue weighted by molar-refractivity contribution is 6.16. The van der Waals surface area contributed by atoms with Crippen molar-refractivity contribution in [1.82, 2.24) is 4.57 Å². The molecule has 0 aliphatic carbocycles. The van der Waals surface area contributed by atoms with Crippen LogP contribution < -0.4 is 4.90 Å². The summed E-state index contributed by atoms with van der Waals surface area (Å²) in [6.45, 7) is 0. The van der Waals surface area contributed by atoms with E-state index in [1.165, 1.54) is 65.4 Å². The lowest BCUT2D eigenvalue weighted by molar-refractivity contribution is 0.672. The van der Waals surface area contributed by atoms with Crippen molar-refractivity contribution in [2.24, 2.45) is 0 Å². The normalized spacial score (nSPS) is 11.7. The van der Waals surface area contributed by atoms with Crippen molar-refractivity contribution >= 4 is 93.1 Å². The summed E-state index contributed by atoms with van der Waals surface area (Å²) in [6, 6.07) is 102. The first-order chi connectivity index (χ1) is 37.1. The number of benzene rings is 13. The van der Waals surface area contributed by atoms with Gasteiger partial charge in [-0.2, -0.15) is 0 Å². The Bertz CT molecular complexity index is 4660. The van der Waals surface area contributed by atoms with Crippen LogP contribution in [0.2, 0.25) is 0 Å². The molecule has 0 aliphatic rings. The molecule has 0 N–H and O–H groups in total. The van der Waals surface area contributed by atoms with Gasteiger partial charge < -0.3 is 13.9 Å². The Morgan fingerprint density at radius 1 is 0.253 bits per heavy atom. The smallest absolute Gasteiger partial charge is 0.143 e. The van der Waals surface area contributed by atoms with Crippen LogP contribution in [0.1, 0.15) is 0 Å². The number of hydrogen-bond donors (Lipinski definition) is 0. The number of hydrogen-bond acceptors (Lipinski definition) is 2. The van der Waals surface area contributed by atoms with Crippen molar-refractivity contribution in [3.05, 3.63) is 279 Å². The molecule has 75 heavy (non-hydrogen) atoms. The lowest BCUT2D eigenvalue weighted by Gasteiger charge is -2.26. The summed E-state index contributed by atoms with van der Waals surface area (Å²) in [4.78, 5) is 2.37. The first-order valence-electron chi connectivity index (χ1n) is 25.7. The minimum Gasteiger partial charge on any atom is -0.455 e. The van der Waals surface area contributed by atoms with E-state index in [1.807, 2.05) is 0 Å². The van der Waals surface area contributed by atoms with E-state index in [1.54, 1.807) is 0 Å². The van der Waals surface area contributed by atoms with Crippen molar-refractivity contribution in [2.45, 2.75) is 0 Å². The van der Waals surface area contributed by atoms with Gasteiger partial charge in [0.1, 0.15) is 11.2 Å². The van der Waals surface area contributed by atoms with E-state index in [2.05, 4.69) is 289 Å². The summed E-state index contributed by atoms with van der Waals surface area (Å²) in [6.07, 6.45) is 0. The number of anilines is 3. The van der Waals surface area contributed by atoms with Crippen molar-refractivity contribution in [2.75, 3.05) is 4.90 Å². The van der Waals surface area contributed by atoms with E-state index in [0.717, 1.165) is 77.9 Å². The third-order valence-corrected chi connectivity index (χ3v) is 15.3. The molecule has 15 rings (SSSR count). The van der Waals surface area contributed by atoms with E-state index < -0.39 is 0 Å². The second-order valence-electron chi connectivity index (χ2n) is 19.7. The molecule has 0 saturated heterocycles. The molecule has 3 heteroatoms. The van der Waals surface area contributed by atoms with Crippen LogP contribution in [-0.2, 0) is 0 Å². The van der Waals surface area contributed by atoms with Gasteiger partial charge in [0.25, 0.3) is 0 Å². The fourth-order valence-electron chi connectivity index (χ4n) is 11.7. The summed E-state index contributed by atoms with van der Waals surface area (Å²) in [7, 11) is 0. The first-order valence-corrected chi connectivity index (χ1v) is 25.7. The molecule has 0 bridgehead atoms. The Morgan fingerprint density at radius 2 is 0.733 bits per heavy atom. The van der Waals surface area contributed by atoms with Crippen molar-refractivity contribution in [1.29, 1.82) is 0 Å². The Morgan fingerprint density at radius 3 is 1.45 bits per heavy atom. The van der Waals surface area contributed by atoms with Gasteiger partial charge in [0.05, 0.1) is 11.0 Å². The van der Waals surface area contributed by atoms with E-state index >= 15 is 0 Å². The van der Waals surface area contributed by atoms with Crippen molar-refractivity contribution < 1.29 is 4.42 Å². The predicted molar refractivity (Wildman–Crippen MR) is 317 cm³/mol. The van der Waals surface area contributed by atoms with Crippen molar-refractivity contribution in [3.63, 3.8) is 0 Å². The zero-order valence-electron chi connectivity index (χ0n) is 40.9. The highest BCUT2D eigenvalue weighted by Crippen LogP contribution is 2.42. The number of aromatic nitrogens is 1. The molecule has 13 aromatic carbocycles. The Labute approximate surface area is 434 Å². The second kappa shape index (κ2) is 17.4. The molecule has 0 spiro atoms. The fourth-order valence-corrected chi connectivity index (χ4v) is 11.7. The van der Waals surface area contributed by atoms with Gasteiger partial charge in [-0.15, -0.1) is 0 Å². The first kappa shape index (κ1) is 42.7. The fraction of sp³-hybridized carbons (Fsp3) is 0. The van der Waals surface area contributed by atoms with Crippen LogP contribution in [0.5, 0.6) is 0 Å². The lowest BCUT2D eigenvalue weighted by atomic mass is 9.95. The van der Waals surface area contributed by atoms with Crippen LogP contribution >= 0.6 is 0 Å². The molecule has 0 atom stereocenters. The molecular formula is C72H46N2O. The van der Waals surface area contributed by atoms with Crippen LogP contribution in [0.15, 0.2) is 283 Å². The van der Waals surface area contributed by atoms with Gasteiger partial charge in [-0.25, -0.2) is 0 Å². The molecular weight excluding hydrogens is 909 g/mol. The third-order valence-electron chi connectivity index (χ3n) is 15.3. The molecule has 0 aliphatic heterocycles. The van der Waals surface area contributed by atoms with Crippen LogP contribution in [0.25, 0.3) is 126 Å². The largest absolute Gasteiger partial charge is 0.455 e. The monoisotopic (exact) mass is 954 g/mol. The summed E-state index contributed by atoms with van der Waals surface area (Å²) in [5.41, 5.74) is 17.9. The minimum atomic E-state index is 0.889. The van der Waals surface area contributed by atoms with E-state index in [0.29, 0.717) is 0 Å². The maximum absolute atomic E-state index is 6.52. The number of furan rings is 1. The standard InChI is InChI=1S/C72H46N2O/c1-3-20-62-49(12-1)26-27-57-43-55(33-39-63(57)62)52-15-9-14-51(42-52)47-28-35-58(36-29-47)73(60-18-11-17-54(45-60)56-34-41-71-68(46-56)67-40-32-50-13-2-4-21-64(50)72(67)75-71)59-37-30-48(31-38-59)53-16-10-19-61(44-53)74-69-24-7-5-22-65(69)66-23-6-8-25-70(66)74/h1-46H. The van der Waals surface area contributed by atoms with Crippen LogP contribution in [0, 0.1) is 0 Å². The maximum Gasteiger partial charge on any atom is 0.143 e. The molecule has 3 nitrogen and oxygen atoms in total. The topological polar surface area (TPSA) is 21.3 Å². The molecule has 0 fully saturated rings. The number of nitrogens with zero attached hydrogens (tertiary/aromatic N) is 2. The zero-order valence-corrected chi connectivity index (χ0v) is 40.9. The molecule has 0 unspecified atom stereocenters. The SMILES string of the molecule is c1cc(-c2ccc(N(c3ccc(-c4cccc(-n5c6ccccc6c6ccccc65)c4)cc3)c3cccc(-c4ccc5oc6c7ccccc7ccc6c5c4)c3)cc2)cc(-c2ccc3c(ccc4ccccc43)c2)c1. The summed E-state index contributed by atoms with van der Waals surface area (Å²) >= 11 is 0. The molecule has 2 heterocycles. The molecule has 350 valence electrons. The van der Waals surface area contributed by atoms with Gasteiger partial charge in [0, 0.05) is 49.7 Å². The highest BCUT2D eigenvalue weighted by Gasteiger charge is 2.18. The molecule has 0 saturated carbocycles. The van der Waals surface area contributed by atoms with E-state index in [-0.39, 0.29) is 0 Å². The van der Waals surface area contributed by atoms with Gasteiger partial charge in [0.15, 0.2) is 0 Å². The number of fused-ring (bicyclic) bond motifs is 11. The quantitative estimate of drug-likeness (QED) is 0.142. The van der Waals surface area contributed by atoms with Crippen LogP contribution in [0.3, 0.4) is 0 Å². The average Bonchev–Trinajstić information content (AvgIpc) is 4.04. The Hall–Kier alpha value is -9.96.